The van der Waals surface area contributed by atoms with E-state index in [0.29, 0.717) is 55.2 Å². The molecule has 9 nitrogen and oxygen atoms in total. The van der Waals surface area contributed by atoms with Crippen LogP contribution in [0.4, 0.5) is 22.0 Å². The molecule has 2 aliphatic carbocycles. The number of nitrogens with two attached hydrogens (primary N) is 1. The number of hydrogen-bond acceptors (Lipinski definition) is 7. The normalized spacial score (nSPS) is 24.9. The molecule has 0 unspecified atom stereocenters. The zero-order chi connectivity index (χ0) is 24.5. The van der Waals surface area contributed by atoms with E-state index in [-0.39, 0.29) is 40.7 Å². The van der Waals surface area contributed by atoms with Crippen LogP contribution in [0.3, 0.4) is 0 Å². The Morgan fingerprint density at radius 2 is 1.97 bits per heavy atom. The summed E-state index contributed by atoms with van der Waals surface area (Å²) < 4.78 is 16.5. The Labute approximate surface area is 207 Å². The maximum absolute atomic E-state index is 14.6. The van der Waals surface area contributed by atoms with E-state index < -0.39 is 5.82 Å². The first-order valence-electron chi connectivity index (χ1n) is 12.1. The van der Waals surface area contributed by atoms with Crippen molar-refractivity contribution in [2.24, 2.45) is 11.7 Å². The van der Waals surface area contributed by atoms with Gasteiger partial charge in [-0.3, -0.25) is 9.36 Å². The summed E-state index contributed by atoms with van der Waals surface area (Å²) in [6.07, 6.45) is 7.41. The third-order valence-corrected chi connectivity index (χ3v) is 7.39. The summed E-state index contributed by atoms with van der Waals surface area (Å²) in [6, 6.07) is 4.57. The van der Waals surface area contributed by atoms with Crippen LogP contribution in [0.5, 0.6) is 0 Å². The number of hydrogen-bond donors (Lipinski definition) is 4. The molecule has 35 heavy (non-hydrogen) atoms. The first kappa shape index (κ1) is 23.7. The average Bonchev–Trinajstić information content (AvgIpc) is 3.19. The van der Waals surface area contributed by atoms with Crippen molar-refractivity contribution in [3.8, 4) is 0 Å². The first-order chi connectivity index (χ1) is 16.9. The number of anilines is 3. The fourth-order valence-electron chi connectivity index (χ4n) is 5.22. The van der Waals surface area contributed by atoms with Gasteiger partial charge in [0.15, 0.2) is 5.65 Å². The Balaban J connectivity index is 1.51. The van der Waals surface area contributed by atoms with Gasteiger partial charge in [-0.1, -0.05) is 17.7 Å². The van der Waals surface area contributed by atoms with Crippen LogP contribution in [-0.4, -0.2) is 42.7 Å². The van der Waals surface area contributed by atoms with Crippen molar-refractivity contribution in [3.63, 3.8) is 0 Å². The summed E-state index contributed by atoms with van der Waals surface area (Å²) in [5.41, 5.74) is 6.84. The van der Waals surface area contributed by atoms with Gasteiger partial charge >= 0.3 is 0 Å². The SMILES string of the molecule is NC(=O)C1CCC(n2c(Nc3c(F)cccc3Cl)nc3cnc(N[C@@H]4CCC[C@H](O)C4)nc32)CC1. The summed E-state index contributed by atoms with van der Waals surface area (Å²) in [5.74, 6) is -0.0482. The summed E-state index contributed by atoms with van der Waals surface area (Å²) >= 11 is 6.27. The standard InChI is InChI=1S/C24H29ClFN7O2/c25-17-5-2-6-18(26)20(17)31-24-30-19-12-28-23(29-14-3-1-4-16(34)11-14)32-22(19)33(24)15-9-7-13(8-10-15)21(27)35/h2,5-6,12-16,34H,1,3-4,7-11H2,(H2,27,35)(H,30,31)(H,28,29,32)/t13?,14-,15?,16+/m1/s1. The van der Waals surface area contributed by atoms with Gasteiger partial charge in [0.2, 0.25) is 17.8 Å². The Hall–Kier alpha value is -2.98. The number of primary amides is 1. The van der Waals surface area contributed by atoms with Crippen molar-refractivity contribution in [1.82, 2.24) is 19.5 Å². The molecule has 2 fully saturated rings. The molecular weight excluding hydrogens is 473 g/mol. The highest BCUT2D eigenvalue weighted by atomic mass is 35.5. The van der Waals surface area contributed by atoms with E-state index in [2.05, 4.69) is 20.6 Å². The monoisotopic (exact) mass is 501 g/mol. The lowest BCUT2D eigenvalue weighted by Gasteiger charge is -2.29. The fourth-order valence-corrected chi connectivity index (χ4v) is 5.43. The lowest BCUT2D eigenvalue weighted by atomic mass is 9.85. The molecule has 1 amide bonds. The number of para-hydroxylation sites is 1. The number of nitrogens with zero attached hydrogens (tertiary/aromatic N) is 4. The molecule has 5 rings (SSSR count). The van der Waals surface area contributed by atoms with Crippen molar-refractivity contribution in [2.45, 2.75) is 69.6 Å². The van der Waals surface area contributed by atoms with Crippen LogP contribution in [0.1, 0.15) is 57.4 Å². The molecule has 2 atom stereocenters. The van der Waals surface area contributed by atoms with E-state index in [4.69, 9.17) is 22.3 Å². The minimum absolute atomic E-state index is 0.0112. The molecule has 5 N–H and O–H groups in total. The number of aliphatic hydroxyl groups excluding tert-OH is 1. The minimum atomic E-state index is -0.488. The Morgan fingerprint density at radius 1 is 1.17 bits per heavy atom. The number of benzene rings is 1. The number of rotatable bonds is 6. The molecule has 11 heteroatoms. The largest absolute Gasteiger partial charge is 0.393 e. The summed E-state index contributed by atoms with van der Waals surface area (Å²) in [7, 11) is 0. The molecule has 3 aromatic rings. The number of aliphatic hydroxyl groups is 1. The molecule has 0 bridgehead atoms. The number of carbonyl (C=O) groups excluding carboxylic acids is 1. The van der Waals surface area contributed by atoms with Gasteiger partial charge in [-0.2, -0.15) is 4.98 Å². The number of fused-ring (bicyclic) bond motifs is 1. The van der Waals surface area contributed by atoms with E-state index in [1.165, 1.54) is 6.07 Å². The maximum atomic E-state index is 14.6. The molecule has 0 spiro atoms. The van der Waals surface area contributed by atoms with Crippen molar-refractivity contribution < 1.29 is 14.3 Å². The summed E-state index contributed by atoms with van der Waals surface area (Å²) in [5, 5.41) is 16.7. The summed E-state index contributed by atoms with van der Waals surface area (Å²) in [4.78, 5) is 25.6. The van der Waals surface area contributed by atoms with Crippen LogP contribution >= 0.6 is 11.6 Å². The van der Waals surface area contributed by atoms with Gasteiger partial charge in [0.25, 0.3) is 0 Å². The van der Waals surface area contributed by atoms with E-state index in [1.54, 1.807) is 18.3 Å². The number of amides is 1. The van der Waals surface area contributed by atoms with Gasteiger partial charge in [-0.05, 0) is 63.5 Å². The molecule has 2 aromatic heterocycles. The predicted molar refractivity (Wildman–Crippen MR) is 132 cm³/mol. The molecule has 2 saturated carbocycles. The molecule has 186 valence electrons. The van der Waals surface area contributed by atoms with Gasteiger partial charge in [0.1, 0.15) is 11.3 Å². The number of imidazole rings is 1. The average molecular weight is 502 g/mol. The van der Waals surface area contributed by atoms with E-state index in [1.807, 2.05) is 4.57 Å². The quantitative estimate of drug-likeness (QED) is 0.396. The maximum Gasteiger partial charge on any atom is 0.224 e. The molecular formula is C24H29ClFN7O2. The molecule has 2 aliphatic rings. The highest BCUT2D eigenvalue weighted by Crippen LogP contribution is 2.38. The van der Waals surface area contributed by atoms with Crippen LogP contribution in [0.15, 0.2) is 24.4 Å². The predicted octanol–water partition coefficient (Wildman–Crippen LogP) is 4.29. The zero-order valence-corrected chi connectivity index (χ0v) is 20.0. The van der Waals surface area contributed by atoms with E-state index in [9.17, 15) is 14.3 Å². The van der Waals surface area contributed by atoms with Crippen LogP contribution in [0.25, 0.3) is 11.2 Å². The van der Waals surface area contributed by atoms with Crippen LogP contribution < -0.4 is 16.4 Å². The molecule has 2 heterocycles. The van der Waals surface area contributed by atoms with Crippen molar-refractivity contribution in [3.05, 3.63) is 35.2 Å². The minimum Gasteiger partial charge on any atom is -0.393 e. The zero-order valence-electron chi connectivity index (χ0n) is 19.3. The number of carbonyl (C=O) groups is 1. The second kappa shape index (κ2) is 9.94. The number of aromatic nitrogens is 4. The van der Waals surface area contributed by atoms with Crippen molar-refractivity contribution >= 4 is 46.3 Å². The molecule has 1 aromatic carbocycles. The molecule has 0 aliphatic heterocycles. The molecule has 0 saturated heterocycles. The van der Waals surface area contributed by atoms with Gasteiger partial charge < -0.3 is 21.5 Å². The molecule has 0 radical (unpaired) electrons. The van der Waals surface area contributed by atoms with Crippen LogP contribution in [0, 0.1) is 11.7 Å². The first-order valence-corrected chi connectivity index (χ1v) is 12.5. The van der Waals surface area contributed by atoms with Crippen LogP contribution in [0.2, 0.25) is 5.02 Å². The van der Waals surface area contributed by atoms with Crippen molar-refractivity contribution in [1.29, 1.82) is 0 Å². The second-order valence-electron chi connectivity index (χ2n) is 9.50. The van der Waals surface area contributed by atoms with Gasteiger partial charge in [-0.25, -0.2) is 14.4 Å². The van der Waals surface area contributed by atoms with Gasteiger partial charge in [-0.15, -0.1) is 0 Å². The van der Waals surface area contributed by atoms with Crippen LogP contribution in [-0.2, 0) is 4.79 Å². The highest BCUT2D eigenvalue weighted by Gasteiger charge is 2.30. The fraction of sp³-hybridized carbons (Fsp3) is 0.500. The number of halogens is 2. The number of nitrogens with one attached hydrogen (secondary N) is 2. The highest BCUT2D eigenvalue weighted by molar-refractivity contribution is 6.33. The Kier molecular flexibility index (Phi) is 6.75. The third-order valence-electron chi connectivity index (χ3n) is 7.08. The topological polar surface area (TPSA) is 131 Å². The smallest absolute Gasteiger partial charge is 0.224 e. The third kappa shape index (κ3) is 5.04. The summed E-state index contributed by atoms with van der Waals surface area (Å²) in [6.45, 7) is 0. The van der Waals surface area contributed by atoms with Gasteiger partial charge in [0.05, 0.1) is 23.0 Å². The Bertz CT molecular complexity index is 1210. The van der Waals surface area contributed by atoms with E-state index in [0.717, 1.165) is 19.3 Å². The van der Waals surface area contributed by atoms with Crippen molar-refractivity contribution in [2.75, 3.05) is 10.6 Å². The lowest BCUT2D eigenvalue weighted by Crippen LogP contribution is -2.30. The van der Waals surface area contributed by atoms with E-state index >= 15 is 0 Å². The second-order valence-corrected chi connectivity index (χ2v) is 9.91. The lowest BCUT2D eigenvalue weighted by molar-refractivity contribution is -0.122. The van der Waals surface area contributed by atoms with Gasteiger partial charge in [0, 0.05) is 18.0 Å². The Morgan fingerprint density at radius 3 is 2.69 bits per heavy atom.